The Bertz CT molecular complexity index is 167. The maximum absolute atomic E-state index is 9.45. The van der Waals surface area contributed by atoms with Crippen LogP contribution in [0, 0.1) is 11.8 Å². The van der Waals surface area contributed by atoms with Crippen molar-refractivity contribution in [1.82, 2.24) is 0 Å². The molecule has 0 aromatic carbocycles. The first-order valence-corrected chi connectivity index (χ1v) is 5.02. The summed E-state index contributed by atoms with van der Waals surface area (Å²) in [5, 5.41) is 9.45. The first-order valence-electron chi connectivity index (χ1n) is 5.02. The third-order valence-electron chi connectivity index (χ3n) is 3.59. The Hall–Kier alpha value is -0.0800. The quantitative estimate of drug-likeness (QED) is 0.681. The lowest BCUT2D eigenvalue weighted by Crippen LogP contribution is -2.29. The van der Waals surface area contributed by atoms with Gasteiger partial charge in [0.25, 0.3) is 0 Å². The van der Waals surface area contributed by atoms with Crippen molar-refractivity contribution in [3.63, 3.8) is 0 Å². The summed E-state index contributed by atoms with van der Waals surface area (Å²) in [5.41, 5.74) is 0. The highest BCUT2D eigenvalue weighted by Gasteiger charge is 2.43. The molecule has 5 unspecified atom stereocenters. The van der Waals surface area contributed by atoms with Gasteiger partial charge >= 0.3 is 0 Å². The minimum atomic E-state index is -0.182. The van der Waals surface area contributed by atoms with Crippen LogP contribution in [-0.4, -0.2) is 23.4 Å². The van der Waals surface area contributed by atoms with Gasteiger partial charge in [0.1, 0.15) is 0 Å². The third-order valence-corrected chi connectivity index (χ3v) is 3.59. The van der Waals surface area contributed by atoms with Crippen molar-refractivity contribution in [2.75, 3.05) is 0 Å². The lowest BCUT2D eigenvalue weighted by molar-refractivity contribution is 0.0483. The lowest BCUT2D eigenvalue weighted by Gasteiger charge is -2.27. The van der Waals surface area contributed by atoms with Gasteiger partial charge in [0.15, 0.2) is 0 Å². The Labute approximate surface area is 73.9 Å². The Balaban J connectivity index is 1.97. The third kappa shape index (κ3) is 1.27. The summed E-state index contributed by atoms with van der Waals surface area (Å²) in [6, 6.07) is 0. The SMILES string of the molecule is CC(O)C(C)C1CC2CCC1O2. The first kappa shape index (κ1) is 8.52. The second kappa shape index (κ2) is 3.00. The Morgan fingerprint density at radius 1 is 1.33 bits per heavy atom. The zero-order valence-corrected chi connectivity index (χ0v) is 7.86. The molecule has 2 aliphatic rings. The van der Waals surface area contributed by atoms with Gasteiger partial charge in [-0.05, 0) is 38.0 Å². The Kier molecular flexibility index (Phi) is 2.13. The molecule has 0 radical (unpaired) electrons. The fourth-order valence-electron chi connectivity index (χ4n) is 2.59. The molecule has 2 heteroatoms. The van der Waals surface area contributed by atoms with E-state index in [9.17, 15) is 5.11 Å². The van der Waals surface area contributed by atoms with E-state index in [1.54, 1.807) is 0 Å². The van der Waals surface area contributed by atoms with Gasteiger partial charge in [-0.15, -0.1) is 0 Å². The molecule has 2 rings (SSSR count). The van der Waals surface area contributed by atoms with E-state index in [0.717, 1.165) is 0 Å². The van der Waals surface area contributed by atoms with E-state index in [2.05, 4.69) is 6.92 Å². The summed E-state index contributed by atoms with van der Waals surface area (Å²) in [4.78, 5) is 0. The Morgan fingerprint density at radius 3 is 2.50 bits per heavy atom. The van der Waals surface area contributed by atoms with Crippen molar-refractivity contribution in [2.45, 2.75) is 51.4 Å². The highest BCUT2D eigenvalue weighted by molar-refractivity contribution is 4.92. The molecule has 0 aliphatic carbocycles. The molecule has 0 aromatic heterocycles. The molecule has 0 aromatic rings. The second-order valence-electron chi connectivity index (χ2n) is 4.37. The van der Waals surface area contributed by atoms with Crippen molar-refractivity contribution in [3.8, 4) is 0 Å². The van der Waals surface area contributed by atoms with Gasteiger partial charge in [-0.25, -0.2) is 0 Å². The lowest BCUT2D eigenvalue weighted by atomic mass is 9.79. The standard InChI is InChI=1S/C10H18O2/c1-6(7(2)11)9-5-8-3-4-10(9)12-8/h6-11H,3-5H2,1-2H3. The van der Waals surface area contributed by atoms with Crippen LogP contribution in [0.4, 0.5) is 0 Å². The maximum atomic E-state index is 9.45. The van der Waals surface area contributed by atoms with E-state index in [4.69, 9.17) is 4.74 Å². The number of aliphatic hydroxyl groups excluding tert-OH is 1. The van der Waals surface area contributed by atoms with Crippen LogP contribution in [0.5, 0.6) is 0 Å². The predicted molar refractivity (Wildman–Crippen MR) is 46.8 cm³/mol. The predicted octanol–water partition coefficient (Wildman–Crippen LogP) is 1.57. The van der Waals surface area contributed by atoms with E-state index < -0.39 is 0 Å². The number of fused-ring (bicyclic) bond motifs is 2. The average molecular weight is 170 g/mol. The number of ether oxygens (including phenoxy) is 1. The molecular formula is C10H18O2. The van der Waals surface area contributed by atoms with Crippen molar-refractivity contribution in [3.05, 3.63) is 0 Å². The van der Waals surface area contributed by atoms with Crippen LogP contribution in [0.2, 0.25) is 0 Å². The summed E-state index contributed by atoms with van der Waals surface area (Å²) in [6.45, 7) is 4.02. The monoisotopic (exact) mass is 170 g/mol. The van der Waals surface area contributed by atoms with Gasteiger partial charge in [-0.1, -0.05) is 6.92 Å². The number of aliphatic hydroxyl groups is 1. The van der Waals surface area contributed by atoms with E-state index in [1.807, 2.05) is 6.92 Å². The van der Waals surface area contributed by atoms with E-state index in [-0.39, 0.29) is 6.10 Å². The van der Waals surface area contributed by atoms with Crippen molar-refractivity contribution in [1.29, 1.82) is 0 Å². The first-order chi connectivity index (χ1) is 5.68. The van der Waals surface area contributed by atoms with Gasteiger partial charge in [0.05, 0.1) is 18.3 Å². The van der Waals surface area contributed by atoms with Crippen LogP contribution in [0.3, 0.4) is 0 Å². The van der Waals surface area contributed by atoms with Gasteiger partial charge < -0.3 is 9.84 Å². The summed E-state index contributed by atoms with van der Waals surface area (Å²) in [7, 11) is 0. The van der Waals surface area contributed by atoms with E-state index in [1.165, 1.54) is 19.3 Å². The summed E-state index contributed by atoms with van der Waals surface area (Å²) in [6.07, 6.45) is 4.43. The Morgan fingerprint density at radius 2 is 2.08 bits per heavy atom. The number of hydrogen-bond donors (Lipinski definition) is 1. The van der Waals surface area contributed by atoms with Gasteiger partial charge in [-0.2, -0.15) is 0 Å². The zero-order valence-electron chi connectivity index (χ0n) is 7.86. The number of rotatable bonds is 2. The highest BCUT2D eigenvalue weighted by atomic mass is 16.5. The van der Waals surface area contributed by atoms with Crippen molar-refractivity contribution < 1.29 is 9.84 Å². The second-order valence-corrected chi connectivity index (χ2v) is 4.37. The zero-order chi connectivity index (χ0) is 8.72. The average Bonchev–Trinajstić information content (AvgIpc) is 2.62. The molecule has 2 fully saturated rings. The molecule has 0 spiro atoms. The van der Waals surface area contributed by atoms with Crippen LogP contribution in [-0.2, 0) is 4.74 Å². The minimum absolute atomic E-state index is 0.182. The fraction of sp³-hybridized carbons (Fsp3) is 1.00. The van der Waals surface area contributed by atoms with Crippen LogP contribution in [0.15, 0.2) is 0 Å². The summed E-state index contributed by atoms with van der Waals surface area (Å²) < 4.78 is 5.75. The van der Waals surface area contributed by atoms with Crippen LogP contribution in [0.25, 0.3) is 0 Å². The molecule has 2 nitrogen and oxygen atoms in total. The fourth-order valence-corrected chi connectivity index (χ4v) is 2.59. The molecule has 2 heterocycles. The molecule has 12 heavy (non-hydrogen) atoms. The van der Waals surface area contributed by atoms with Crippen LogP contribution < -0.4 is 0 Å². The van der Waals surface area contributed by atoms with Crippen molar-refractivity contribution in [2.24, 2.45) is 11.8 Å². The maximum Gasteiger partial charge on any atom is 0.0612 e. The van der Waals surface area contributed by atoms with Gasteiger partial charge in [0.2, 0.25) is 0 Å². The number of hydrogen-bond acceptors (Lipinski definition) is 2. The normalized spacial score (nSPS) is 44.8. The molecule has 2 aliphatic heterocycles. The van der Waals surface area contributed by atoms with Crippen molar-refractivity contribution >= 4 is 0 Å². The highest BCUT2D eigenvalue weighted by Crippen LogP contribution is 2.43. The summed E-state index contributed by atoms with van der Waals surface area (Å²) >= 11 is 0. The molecular weight excluding hydrogens is 152 g/mol. The minimum Gasteiger partial charge on any atom is -0.393 e. The topological polar surface area (TPSA) is 29.5 Å². The molecule has 0 saturated carbocycles. The van der Waals surface area contributed by atoms with Gasteiger partial charge in [0, 0.05) is 0 Å². The molecule has 5 atom stereocenters. The molecule has 1 N–H and O–H groups in total. The van der Waals surface area contributed by atoms with Crippen LogP contribution >= 0.6 is 0 Å². The molecule has 70 valence electrons. The largest absolute Gasteiger partial charge is 0.393 e. The molecule has 2 bridgehead atoms. The summed E-state index contributed by atoms with van der Waals surface area (Å²) in [5.74, 6) is 1.02. The van der Waals surface area contributed by atoms with E-state index >= 15 is 0 Å². The molecule has 0 amide bonds. The van der Waals surface area contributed by atoms with Gasteiger partial charge in [-0.3, -0.25) is 0 Å². The van der Waals surface area contributed by atoms with Crippen LogP contribution in [0.1, 0.15) is 33.1 Å². The molecule has 2 saturated heterocycles. The van der Waals surface area contributed by atoms with E-state index in [0.29, 0.717) is 24.0 Å². The smallest absolute Gasteiger partial charge is 0.0612 e.